The Hall–Kier alpha value is -3.09. The lowest BCUT2D eigenvalue weighted by molar-refractivity contribution is -0.156. The highest BCUT2D eigenvalue weighted by atomic mass is 16.6. The van der Waals surface area contributed by atoms with E-state index < -0.39 is 17.5 Å². The molecule has 0 saturated heterocycles. The van der Waals surface area contributed by atoms with E-state index in [2.05, 4.69) is 10.3 Å². The number of rotatable bonds is 7. The van der Waals surface area contributed by atoms with Crippen molar-refractivity contribution in [3.8, 4) is 17.4 Å². The lowest BCUT2D eigenvalue weighted by Gasteiger charge is -2.20. The summed E-state index contributed by atoms with van der Waals surface area (Å²) in [7, 11) is 1.60. The van der Waals surface area contributed by atoms with Gasteiger partial charge in [-0.2, -0.15) is 0 Å². The summed E-state index contributed by atoms with van der Waals surface area (Å²) >= 11 is 0. The summed E-state index contributed by atoms with van der Waals surface area (Å²) in [6, 6.07) is 8.85. The maximum atomic E-state index is 12.3. The fraction of sp³-hybridized carbons (Fsp3) is 0.409. The molecular weight excluding hydrogens is 372 g/mol. The smallest absolute Gasteiger partial charge is 0.307 e. The molecule has 0 bridgehead atoms. The Morgan fingerprint density at radius 3 is 2.48 bits per heavy atom. The maximum absolute atomic E-state index is 12.3. The molecule has 29 heavy (non-hydrogen) atoms. The fourth-order valence-corrected chi connectivity index (χ4v) is 2.49. The van der Waals surface area contributed by atoms with Gasteiger partial charge in [-0.15, -0.1) is 0 Å². The summed E-state index contributed by atoms with van der Waals surface area (Å²) in [5.41, 5.74) is 0.945. The first-order chi connectivity index (χ1) is 13.6. The third kappa shape index (κ3) is 7.10. The Labute approximate surface area is 171 Å². The van der Waals surface area contributed by atoms with E-state index in [0.717, 1.165) is 11.3 Å². The number of amides is 1. The van der Waals surface area contributed by atoms with Gasteiger partial charge < -0.3 is 19.5 Å². The highest BCUT2D eigenvalue weighted by molar-refractivity contribution is 5.94. The first-order valence-corrected chi connectivity index (χ1v) is 9.38. The number of hydrogen-bond donors (Lipinski definition) is 1. The molecule has 2 rings (SSSR count). The number of benzene rings is 1. The van der Waals surface area contributed by atoms with Crippen molar-refractivity contribution in [2.75, 3.05) is 12.4 Å². The van der Waals surface area contributed by atoms with Crippen LogP contribution in [-0.4, -0.2) is 29.6 Å². The van der Waals surface area contributed by atoms with Crippen LogP contribution in [0.4, 0.5) is 5.69 Å². The first kappa shape index (κ1) is 22.2. The number of aromatic nitrogens is 1. The summed E-state index contributed by atoms with van der Waals surface area (Å²) in [4.78, 5) is 28.4. The summed E-state index contributed by atoms with van der Waals surface area (Å²) in [5, 5.41) is 2.74. The highest BCUT2D eigenvalue weighted by Gasteiger charge is 2.22. The van der Waals surface area contributed by atoms with Crippen molar-refractivity contribution in [1.82, 2.24) is 4.98 Å². The van der Waals surface area contributed by atoms with Crippen LogP contribution in [0.5, 0.6) is 17.4 Å². The number of pyridine rings is 1. The van der Waals surface area contributed by atoms with Crippen LogP contribution in [0.25, 0.3) is 0 Å². The minimum Gasteiger partial charge on any atom is -0.496 e. The van der Waals surface area contributed by atoms with E-state index >= 15 is 0 Å². The van der Waals surface area contributed by atoms with E-state index in [9.17, 15) is 9.59 Å². The number of nitrogens with zero attached hydrogens (tertiary/aromatic N) is 1. The van der Waals surface area contributed by atoms with Crippen LogP contribution in [-0.2, 0) is 14.3 Å². The van der Waals surface area contributed by atoms with Gasteiger partial charge in [0.15, 0.2) is 0 Å². The lowest BCUT2D eigenvalue weighted by atomic mass is 10.1. The van der Waals surface area contributed by atoms with E-state index in [1.807, 2.05) is 19.1 Å². The van der Waals surface area contributed by atoms with Crippen molar-refractivity contribution in [1.29, 1.82) is 0 Å². The van der Waals surface area contributed by atoms with Gasteiger partial charge in [0.25, 0.3) is 0 Å². The number of anilines is 1. The quantitative estimate of drug-likeness (QED) is 0.689. The number of esters is 1. The zero-order valence-electron chi connectivity index (χ0n) is 17.7. The molecule has 156 valence electrons. The predicted molar refractivity (Wildman–Crippen MR) is 110 cm³/mol. The molecule has 0 spiro atoms. The molecule has 0 aliphatic carbocycles. The molecule has 1 N–H and O–H groups in total. The molecular formula is C22H28N2O5. The Morgan fingerprint density at radius 1 is 1.17 bits per heavy atom. The highest BCUT2D eigenvalue weighted by Crippen LogP contribution is 2.27. The predicted octanol–water partition coefficient (Wildman–Crippen LogP) is 4.50. The van der Waals surface area contributed by atoms with Crippen molar-refractivity contribution < 1.29 is 23.8 Å². The molecule has 1 amide bonds. The van der Waals surface area contributed by atoms with Crippen LogP contribution in [0, 0.1) is 12.8 Å². The molecule has 7 nitrogen and oxygen atoms in total. The van der Waals surface area contributed by atoms with E-state index in [-0.39, 0.29) is 12.3 Å². The molecule has 0 saturated carbocycles. The van der Waals surface area contributed by atoms with Gasteiger partial charge >= 0.3 is 5.97 Å². The Bertz CT molecular complexity index is 856. The summed E-state index contributed by atoms with van der Waals surface area (Å²) < 4.78 is 16.2. The number of carbonyl (C=O) groups excluding carboxylic acids is 2. The second kappa shape index (κ2) is 9.41. The van der Waals surface area contributed by atoms with Crippen LogP contribution < -0.4 is 14.8 Å². The minimum absolute atomic E-state index is 0.00693. The third-order valence-electron chi connectivity index (χ3n) is 3.95. The largest absolute Gasteiger partial charge is 0.496 e. The molecule has 1 aromatic heterocycles. The molecule has 1 heterocycles. The lowest BCUT2D eigenvalue weighted by Crippen LogP contribution is -2.28. The second-order valence-corrected chi connectivity index (χ2v) is 7.80. The number of nitrogens with one attached hydrogen (secondary N) is 1. The third-order valence-corrected chi connectivity index (χ3v) is 3.95. The van der Waals surface area contributed by atoms with Gasteiger partial charge in [-0.05, 0) is 45.4 Å². The number of ether oxygens (including phenoxy) is 3. The van der Waals surface area contributed by atoms with Crippen molar-refractivity contribution in [2.45, 2.75) is 46.6 Å². The molecule has 1 atom stereocenters. The fourth-order valence-electron chi connectivity index (χ4n) is 2.49. The SMILES string of the molecule is COc1cc(Oc2ccc(NC(=O)[C@@H](C)CC(=O)OC(C)(C)C)cn2)ccc1C. The van der Waals surface area contributed by atoms with E-state index in [0.29, 0.717) is 17.3 Å². The van der Waals surface area contributed by atoms with Gasteiger partial charge in [0.2, 0.25) is 11.8 Å². The van der Waals surface area contributed by atoms with Crippen molar-refractivity contribution in [2.24, 2.45) is 5.92 Å². The molecule has 0 unspecified atom stereocenters. The van der Waals surface area contributed by atoms with E-state index in [1.165, 1.54) is 6.20 Å². The van der Waals surface area contributed by atoms with Crippen molar-refractivity contribution in [3.63, 3.8) is 0 Å². The van der Waals surface area contributed by atoms with Crippen LogP contribution in [0.2, 0.25) is 0 Å². The van der Waals surface area contributed by atoms with Crippen LogP contribution in [0.3, 0.4) is 0 Å². The molecule has 0 fully saturated rings. The topological polar surface area (TPSA) is 86.8 Å². The zero-order chi connectivity index (χ0) is 21.6. The van der Waals surface area contributed by atoms with Gasteiger partial charge in [0.05, 0.1) is 25.4 Å². The van der Waals surface area contributed by atoms with Crippen LogP contribution in [0.15, 0.2) is 36.5 Å². The summed E-state index contributed by atoms with van der Waals surface area (Å²) in [5.74, 6) is 0.495. The Morgan fingerprint density at radius 2 is 1.90 bits per heavy atom. The number of carbonyl (C=O) groups is 2. The second-order valence-electron chi connectivity index (χ2n) is 7.80. The van der Waals surface area contributed by atoms with Crippen molar-refractivity contribution in [3.05, 3.63) is 42.1 Å². The summed E-state index contributed by atoms with van der Waals surface area (Å²) in [6.07, 6.45) is 1.51. The number of methoxy groups -OCH3 is 1. The van der Waals surface area contributed by atoms with Gasteiger partial charge in [-0.25, -0.2) is 4.98 Å². The Balaban J connectivity index is 1.93. The average Bonchev–Trinajstić information content (AvgIpc) is 2.63. The van der Waals surface area contributed by atoms with Crippen molar-refractivity contribution >= 4 is 17.6 Å². The normalized spacial score (nSPS) is 12.1. The van der Waals surface area contributed by atoms with E-state index in [4.69, 9.17) is 14.2 Å². The van der Waals surface area contributed by atoms with Gasteiger partial charge in [-0.3, -0.25) is 9.59 Å². The molecule has 0 aliphatic rings. The van der Waals surface area contributed by atoms with Gasteiger partial charge in [-0.1, -0.05) is 13.0 Å². The molecule has 0 aliphatic heterocycles. The summed E-state index contributed by atoms with van der Waals surface area (Å²) in [6.45, 7) is 8.99. The van der Waals surface area contributed by atoms with E-state index in [1.54, 1.807) is 53.0 Å². The number of aryl methyl sites for hydroxylation is 1. The monoisotopic (exact) mass is 400 g/mol. The molecule has 2 aromatic rings. The maximum Gasteiger partial charge on any atom is 0.307 e. The number of hydrogen-bond acceptors (Lipinski definition) is 6. The minimum atomic E-state index is -0.575. The zero-order valence-corrected chi connectivity index (χ0v) is 17.7. The van der Waals surface area contributed by atoms with Gasteiger partial charge in [0, 0.05) is 18.1 Å². The standard InChI is InChI=1S/C22H28N2O5/c1-14-7-9-17(12-18(14)27-6)28-19-10-8-16(13-23-19)24-21(26)15(2)11-20(25)29-22(3,4)5/h7-10,12-13,15H,11H2,1-6H3,(H,24,26)/t15-/m0/s1. The average molecular weight is 400 g/mol. The Kier molecular flexibility index (Phi) is 7.20. The van der Waals surface area contributed by atoms with Crippen LogP contribution in [0.1, 0.15) is 39.7 Å². The first-order valence-electron chi connectivity index (χ1n) is 9.38. The van der Waals surface area contributed by atoms with Gasteiger partial charge in [0.1, 0.15) is 17.1 Å². The molecule has 0 radical (unpaired) electrons. The molecule has 1 aromatic carbocycles. The molecule has 7 heteroatoms. The van der Waals surface area contributed by atoms with Crippen LogP contribution >= 0.6 is 0 Å².